The van der Waals surface area contributed by atoms with Gasteiger partial charge in [0, 0.05) is 17.6 Å². The summed E-state index contributed by atoms with van der Waals surface area (Å²) in [5.74, 6) is -0.504. The van der Waals surface area contributed by atoms with E-state index < -0.39 is 21.3 Å². The average Bonchev–Trinajstić information content (AvgIpc) is 3.38. The normalized spacial score (nSPS) is 15.6. The Morgan fingerprint density at radius 1 is 1.19 bits per heavy atom. The Morgan fingerprint density at radius 2 is 1.89 bits per heavy atom. The molecule has 0 spiro atoms. The number of sulfonamides is 1. The molecule has 0 bridgehead atoms. The van der Waals surface area contributed by atoms with Crippen molar-refractivity contribution < 1.29 is 13.2 Å². The number of aromatic nitrogens is 2. The molecule has 0 atom stereocenters. The predicted molar refractivity (Wildman–Crippen MR) is 103 cm³/mol. The molecule has 1 aliphatic rings. The fourth-order valence-corrected chi connectivity index (χ4v) is 4.78. The van der Waals surface area contributed by atoms with Crippen LogP contribution in [0.2, 0.25) is 0 Å². The molecule has 1 fully saturated rings. The summed E-state index contributed by atoms with van der Waals surface area (Å²) >= 11 is 0. The molecule has 2 aromatic carbocycles. The standard InChI is InChI=1S/C20H21N3O3S/c1-3-23-14(2)13-18(21-23)20(11-12-20)19(24)22-27(25,26)17-10-6-8-15-7-4-5-9-16(15)17/h4-10,13H,3,11-12H2,1-2H3,(H,22,24). The maximum absolute atomic E-state index is 12.9. The highest BCUT2D eigenvalue weighted by Gasteiger charge is 2.54. The number of benzene rings is 2. The lowest BCUT2D eigenvalue weighted by atomic mass is 10.0. The van der Waals surface area contributed by atoms with E-state index in [1.165, 1.54) is 6.07 Å². The van der Waals surface area contributed by atoms with E-state index >= 15 is 0 Å². The fourth-order valence-electron chi connectivity index (χ4n) is 3.49. The van der Waals surface area contributed by atoms with Gasteiger partial charge in [0.1, 0.15) is 0 Å². The van der Waals surface area contributed by atoms with Crippen LogP contribution in [-0.4, -0.2) is 24.1 Å². The van der Waals surface area contributed by atoms with E-state index in [9.17, 15) is 13.2 Å². The maximum Gasteiger partial charge on any atom is 0.264 e. The van der Waals surface area contributed by atoms with Crippen molar-refractivity contribution in [1.29, 1.82) is 0 Å². The summed E-state index contributed by atoms with van der Waals surface area (Å²) in [6, 6.07) is 14.1. The third-order valence-electron chi connectivity index (χ3n) is 5.22. The van der Waals surface area contributed by atoms with Crippen molar-refractivity contribution in [3.05, 3.63) is 59.9 Å². The van der Waals surface area contributed by atoms with E-state index in [-0.39, 0.29) is 4.90 Å². The molecule has 140 valence electrons. The zero-order valence-electron chi connectivity index (χ0n) is 15.3. The quantitative estimate of drug-likeness (QED) is 0.735. The molecule has 27 heavy (non-hydrogen) atoms. The smallest absolute Gasteiger partial charge is 0.264 e. The van der Waals surface area contributed by atoms with Crippen molar-refractivity contribution in [2.75, 3.05) is 0 Å². The summed E-state index contributed by atoms with van der Waals surface area (Å²) < 4.78 is 30.0. The zero-order valence-corrected chi connectivity index (χ0v) is 16.1. The van der Waals surface area contributed by atoms with Gasteiger partial charge in [-0.25, -0.2) is 13.1 Å². The second-order valence-corrected chi connectivity index (χ2v) is 8.63. The monoisotopic (exact) mass is 383 g/mol. The topological polar surface area (TPSA) is 81.1 Å². The number of rotatable bonds is 5. The minimum Gasteiger partial charge on any atom is -0.273 e. The van der Waals surface area contributed by atoms with E-state index in [1.54, 1.807) is 18.2 Å². The summed E-state index contributed by atoms with van der Waals surface area (Å²) in [6.45, 7) is 4.62. The van der Waals surface area contributed by atoms with Crippen LogP contribution in [-0.2, 0) is 26.8 Å². The predicted octanol–water partition coefficient (Wildman–Crippen LogP) is 2.90. The van der Waals surface area contributed by atoms with Gasteiger partial charge in [-0.2, -0.15) is 5.10 Å². The largest absolute Gasteiger partial charge is 0.273 e. The molecule has 0 aliphatic heterocycles. The molecule has 6 nitrogen and oxygen atoms in total. The molecule has 1 saturated carbocycles. The van der Waals surface area contributed by atoms with Gasteiger partial charge >= 0.3 is 0 Å². The van der Waals surface area contributed by atoms with Crippen molar-refractivity contribution in [2.24, 2.45) is 0 Å². The zero-order chi connectivity index (χ0) is 19.2. The molecule has 1 aromatic heterocycles. The van der Waals surface area contributed by atoms with Crippen LogP contribution in [0.5, 0.6) is 0 Å². The number of nitrogens with zero attached hydrogens (tertiary/aromatic N) is 2. The lowest BCUT2D eigenvalue weighted by molar-refractivity contribution is -0.121. The third kappa shape index (κ3) is 2.92. The van der Waals surface area contributed by atoms with Gasteiger partial charge in [0.2, 0.25) is 5.91 Å². The Kier molecular flexibility index (Phi) is 4.07. The van der Waals surface area contributed by atoms with E-state index in [0.29, 0.717) is 30.5 Å². The summed E-state index contributed by atoms with van der Waals surface area (Å²) in [4.78, 5) is 13.0. The number of amides is 1. The maximum atomic E-state index is 12.9. The number of hydrogen-bond acceptors (Lipinski definition) is 4. The number of hydrogen-bond donors (Lipinski definition) is 1. The van der Waals surface area contributed by atoms with Crippen LogP contribution in [0.4, 0.5) is 0 Å². The number of fused-ring (bicyclic) bond motifs is 1. The molecule has 1 aliphatic carbocycles. The molecular formula is C20H21N3O3S. The van der Waals surface area contributed by atoms with Crippen molar-refractivity contribution in [3.8, 4) is 0 Å². The number of nitrogens with one attached hydrogen (secondary N) is 1. The van der Waals surface area contributed by atoms with Crippen molar-refractivity contribution in [3.63, 3.8) is 0 Å². The molecule has 0 unspecified atom stereocenters. The minimum absolute atomic E-state index is 0.111. The number of aryl methyl sites for hydroxylation is 2. The highest BCUT2D eigenvalue weighted by Crippen LogP contribution is 2.48. The van der Waals surface area contributed by atoms with E-state index in [4.69, 9.17) is 0 Å². The summed E-state index contributed by atoms with van der Waals surface area (Å²) in [7, 11) is -3.98. The van der Waals surface area contributed by atoms with Crippen LogP contribution in [0.15, 0.2) is 53.4 Å². The molecule has 0 saturated heterocycles. The second kappa shape index (κ2) is 6.20. The Bertz CT molecular complexity index is 1140. The summed E-state index contributed by atoms with van der Waals surface area (Å²) in [5.41, 5.74) is 0.763. The van der Waals surface area contributed by atoms with Gasteiger partial charge in [0.25, 0.3) is 10.0 Å². The summed E-state index contributed by atoms with van der Waals surface area (Å²) in [5, 5.41) is 5.90. The fraction of sp³-hybridized carbons (Fsp3) is 0.300. The van der Waals surface area contributed by atoms with Gasteiger partial charge in [0.15, 0.2) is 0 Å². The van der Waals surface area contributed by atoms with Gasteiger partial charge in [-0.3, -0.25) is 9.48 Å². The van der Waals surface area contributed by atoms with Gasteiger partial charge in [-0.15, -0.1) is 0 Å². The van der Waals surface area contributed by atoms with Crippen molar-refractivity contribution in [2.45, 2.75) is 43.5 Å². The molecule has 7 heteroatoms. The van der Waals surface area contributed by atoms with Crippen LogP contribution in [0.3, 0.4) is 0 Å². The van der Waals surface area contributed by atoms with Gasteiger partial charge in [-0.1, -0.05) is 36.4 Å². The SMILES string of the molecule is CCn1nc(C2(C(=O)NS(=O)(=O)c3cccc4ccccc34)CC2)cc1C. The van der Waals surface area contributed by atoms with E-state index in [0.717, 1.165) is 11.1 Å². The Hall–Kier alpha value is -2.67. The van der Waals surface area contributed by atoms with Crippen molar-refractivity contribution >= 4 is 26.7 Å². The van der Waals surface area contributed by atoms with Crippen LogP contribution >= 0.6 is 0 Å². The third-order valence-corrected chi connectivity index (χ3v) is 6.61. The molecule has 0 radical (unpaired) electrons. The number of carbonyl (C=O) groups is 1. The average molecular weight is 383 g/mol. The van der Waals surface area contributed by atoms with Crippen LogP contribution < -0.4 is 4.72 Å². The molecule has 1 amide bonds. The Labute approximate surface area is 158 Å². The van der Waals surface area contributed by atoms with Gasteiger partial charge < -0.3 is 0 Å². The minimum atomic E-state index is -3.98. The van der Waals surface area contributed by atoms with E-state index in [1.807, 2.05) is 42.8 Å². The molecule has 1 heterocycles. The first kappa shape index (κ1) is 17.7. The Morgan fingerprint density at radius 3 is 2.56 bits per heavy atom. The lowest BCUT2D eigenvalue weighted by Gasteiger charge is -2.14. The highest BCUT2D eigenvalue weighted by molar-refractivity contribution is 7.90. The first-order valence-electron chi connectivity index (χ1n) is 8.97. The van der Waals surface area contributed by atoms with Crippen LogP contribution in [0, 0.1) is 6.92 Å². The van der Waals surface area contributed by atoms with E-state index in [2.05, 4.69) is 9.82 Å². The highest BCUT2D eigenvalue weighted by atomic mass is 32.2. The second-order valence-electron chi connectivity index (χ2n) is 6.98. The molecule has 4 rings (SSSR count). The van der Waals surface area contributed by atoms with Gasteiger partial charge in [0.05, 0.1) is 16.0 Å². The first-order chi connectivity index (χ1) is 12.9. The Balaban J connectivity index is 1.67. The van der Waals surface area contributed by atoms with Crippen molar-refractivity contribution in [1.82, 2.24) is 14.5 Å². The summed E-state index contributed by atoms with van der Waals surface area (Å²) in [6.07, 6.45) is 1.20. The van der Waals surface area contributed by atoms with Crippen LogP contribution in [0.1, 0.15) is 31.2 Å². The molecular weight excluding hydrogens is 362 g/mol. The molecule has 1 N–H and O–H groups in total. The first-order valence-corrected chi connectivity index (χ1v) is 10.5. The number of carbonyl (C=O) groups excluding carboxylic acids is 1. The lowest BCUT2D eigenvalue weighted by Crippen LogP contribution is -2.39. The van der Waals surface area contributed by atoms with Gasteiger partial charge in [-0.05, 0) is 44.2 Å². The molecule has 3 aromatic rings. The van der Waals surface area contributed by atoms with Crippen LogP contribution in [0.25, 0.3) is 10.8 Å².